The molecule has 0 aliphatic rings. The van der Waals surface area contributed by atoms with Crippen LogP contribution in [0.3, 0.4) is 0 Å². The first-order valence-electron chi connectivity index (χ1n) is 14.9. The molecule has 0 saturated heterocycles. The maximum atomic E-state index is 6.68. The van der Waals surface area contributed by atoms with Crippen molar-refractivity contribution < 1.29 is 4.42 Å². The van der Waals surface area contributed by atoms with Crippen molar-refractivity contribution in [1.29, 1.82) is 0 Å². The van der Waals surface area contributed by atoms with Crippen molar-refractivity contribution in [3.8, 4) is 33.4 Å². The molecule has 8 aromatic rings. The van der Waals surface area contributed by atoms with Crippen LogP contribution in [0.25, 0.3) is 55.3 Å². The first kappa shape index (κ1) is 25.8. The fourth-order valence-corrected chi connectivity index (χ4v) is 6.14. The highest BCUT2D eigenvalue weighted by molar-refractivity contribution is 6.13. The van der Waals surface area contributed by atoms with Gasteiger partial charge in [-0.2, -0.15) is 0 Å². The van der Waals surface area contributed by atoms with Gasteiger partial charge in [0, 0.05) is 39.0 Å². The van der Waals surface area contributed by atoms with Gasteiger partial charge in [-0.15, -0.1) is 0 Å². The number of benzene rings is 7. The number of para-hydroxylation sites is 3. The molecule has 2 heteroatoms. The molecule has 1 heterocycles. The van der Waals surface area contributed by atoms with Gasteiger partial charge in [-0.3, -0.25) is 0 Å². The standard InChI is InChI=1S/C42H29NO/c1-4-12-30(13-5-1)31-22-26-35(27-23-31)43(34-16-8-3-9-17-34)36-28-24-33(25-29-36)38-19-11-21-40-39-20-10-18-37(41(39)44-42(38)40)32-14-6-2-7-15-32/h1-29H. The van der Waals surface area contributed by atoms with Crippen LogP contribution in [0.4, 0.5) is 17.1 Å². The Bertz CT molecular complexity index is 2180. The van der Waals surface area contributed by atoms with E-state index in [-0.39, 0.29) is 0 Å². The molecule has 0 radical (unpaired) electrons. The van der Waals surface area contributed by atoms with E-state index < -0.39 is 0 Å². The Labute approximate surface area is 257 Å². The van der Waals surface area contributed by atoms with Crippen molar-refractivity contribution in [3.05, 3.63) is 176 Å². The van der Waals surface area contributed by atoms with Crippen molar-refractivity contribution in [2.45, 2.75) is 0 Å². The Morgan fingerprint density at radius 1 is 0.295 bits per heavy atom. The summed E-state index contributed by atoms with van der Waals surface area (Å²) >= 11 is 0. The molecule has 0 atom stereocenters. The van der Waals surface area contributed by atoms with E-state index >= 15 is 0 Å². The lowest BCUT2D eigenvalue weighted by Gasteiger charge is -2.26. The molecule has 8 rings (SSSR count). The first-order valence-corrected chi connectivity index (χ1v) is 14.9. The Balaban J connectivity index is 1.19. The molecule has 44 heavy (non-hydrogen) atoms. The number of nitrogens with zero attached hydrogens (tertiary/aromatic N) is 1. The van der Waals surface area contributed by atoms with Crippen LogP contribution in [-0.2, 0) is 0 Å². The monoisotopic (exact) mass is 563 g/mol. The molecule has 208 valence electrons. The molecule has 0 aliphatic carbocycles. The van der Waals surface area contributed by atoms with E-state index in [2.05, 4.69) is 175 Å². The van der Waals surface area contributed by atoms with Crippen LogP contribution in [0.5, 0.6) is 0 Å². The predicted octanol–water partition coefficient (Wildman–Crippen LogP) is 12.1. The highest BCUT2D eigenvalue weighted by Crippen LogP contribution is 2.41. The van der Waals surface area contributed by atoms with Crippen LogP contribution < -0.4 is 4.90 Å². The number of fused-ring (bicyclic) bond motifs is 3. The minimum absolute atomic E-state index is 0.912. The van der Waals surface area contributed by atoms with E-state index in [1.807, 2.05) is 6.07 Å². The molecule has 0 saturated carbocycles. The zero-order valence-corrected chi connectivity index (χ0v) is 24.1. The Kier molecular flexibility index (Phi) is 6.51. The molecule has 0 spiro atoms. The van der Waals surface area contributed by atoms with Gasteiger partial charge in [-0.05, 0) is 58.7 Å². The number of hydrogen-bond donors (Lipinski definition) is 0. The number of rotatable bonds is 6. The van der Waals surface area contributed by atoms with E-state index in [9.17, 15) is 0 Å². The zero-order chi connectivity index (χ0) is 29.3. The number of hydrogen-bond acceptors (Lipinski definition) is 2. The molecule has 1 aromatic heterocycles. The summed E-state index contributed by atoms with van der Waals surface area (Å²) in [5.41, 5.74) is 12.0. The maximum Gasteiger partial charge on any atom is 0.143 e. The van der Waals surface area contributed by atoms with Crippen LogP contribution in [0.2, 0.25) is 0 Å². The van der Waals surface area contributed by atoms with Gasteiger partial charge in [0.25, 0.3) is 0 Å². The second-order valence-corrected chi connectivity index (χ2v) is 11.0. The fraction of sp³-hybridized carbons (Fsp3) is 0. The van der Waals surface area contributed by atoms with Crippen molar-refractivity contribution in [2.24, 2.45) is 0 Å². The lowest BCUT2D eigenvalue weighted by atomic mass is 10.00. The molecular formula is C42H29NO. The van der Waals surface area contributed by atoms with Gasteiger partial charge >= 0.3 is 0 Å². The van der Waals surface area contributed by atoms with Crippen LogP contribution >= 0.6 is 0 Å². The van der Waals surface area contributed by atoms with Crippen molar-refractivity contribution in [1.82, 2.24) is 0 Å². The summed E-state index contributed by atoms with van der Waals surface area (Å²) in [4.78, 5) is 2.30. The molecule has 0 bridgehead atoms. The zero-order valence-electron chi connectivity index (χ0n) is 24.1. The third-order valence-corrected chi connectivity index (χ3v) is 8.29. The van der Waals surface area contributed by atoms with E-state index in [0.29, 0.717) is 0 Å². The van der Waals surface area contributed by atoms with Gasteiger partial charge in [-0.1, -0.05) is 140 Å². The third-order valence-electron chi connectivity index (χ3n) is 8.29. The molecular weight excluding hydrogens is 534 g/mol. The van der Waals surface area contributed by atoms with Gasteiger partial charge in [0.15, 0.2) is 0 Å². The highest BCUT2D eigenvalue weighted by Gasteiger charge is 2.17. The van der Waals surface area contributed by atoms with Crippen molar-refractivity contribution >= 4 is 39.0 Å². The third kappa shape index (κ3) is 4.63. The summed E-state index contributed by atoms with van der Waals surface area (Å²) in [7, 11) is 0. The second kappa shape index (κ2) is 11.1. The van der Waals surface area contributed by atoms with Gasteiger partial charge in [0.1, 0.15) is 11.2 Å². The van der Waals surface area contributed by atoms with Crippen LogP contribution in [0.15, 0.2) is 180 Å². The normalized spacial score (nSPS) is 11.2. The minimum Gasteiger partial charge on any atom is -0.455 e. The summed E-state index contributed by atoms with van der Waals surface area (Å²) in [6.07, 6.45) is 0. The largest absolute Gasteiger partial charge is 0.455 e. The SMILES string of the molecule is c1ccc(-c2ccc(N(c3ccccc3)c3ccc(-c4cccc5c4oc4c(-c6ccccc6)cccc45)cc3)cc2)cc1. The molecule has 7 aromatic carbocycles. The molecule has 2 nitrogen and oxygen atoms in total. The smallest absolute Gasteiger partial charge is 0.143 e. The fourth-order valence-electron chi connectivity index (χ4n) is 6.14. The van der Waals surface area contributed by atoms with Gasteiger partial charge in [-0.25, -0.2) is 0 Å². The van der Waals surface area contributed by atoms with Crippen molar-refractivity contribution in [2.75, 3.05) is 4.90 Å². The number of furan rings is 1. The number of anilines is 3. The second-order valence-electron chi connectivity index (χ2n) is 11.0. The maximum absolute atomic E-state index is 6.68. The van der Waals surface area contributed by atoms with E-state index in [1.54, 1.807) is 0 Å². The summed E-state index contributed by atoms with van der Waals surface area (Å²) < 4.78 is 6.68. The van der Waals surface area contributed by atoms with E-state index in [1.165, 1.54) is 11.1 Å². The molecule has 0 unspecified atom stereocenters. The Morgan fingerprint density at radius 3 is 1.20 bits per heavy atom. The molecule has 0 amide bonds. The van der Waals surface area contributed by atoms with Crippen LogP contribution in [0, 0.1) is 0 Å². The van der Waals surface area contributed by atoms with Crippen LogP contribution in [0.1, 0.15) is 0 Å². The van der Waals surface area contributed by atoms with Gasteiger partial charge < -0.3 is 9.32 Å². The minimum atomic E-state index is 0.912. The Hall–Kier alpha value is -5.86. The quantitative estimate of drug-likeness (QED) is 0.200. The van der Waals surface area contributed by atoms with Gasteiger partial charge in [0.2, 0.25) is 0 Å². The average Bonchev–Trinajstić information content (AvgIpc) is 3.50. The highest BCUT2D eigenvalue weighted by atomic mass is 16.3. The van der Waals surface area contributed by atoms with Gasteiger partial charge in [0.05, 0.1) is 0 Å². The molecule has 0 fully saturated rings. The average molecular weight is 564 g/mol. The molecule has 0 N–H and O–H groups in total. The lowest BCUT2D eigenvalue weighted by molar-refractivity contribution is 0.671. The lowest BCUT2D eigenvalue weighted by Crippen LogP contribution is -2.09. The summed E-state index contributed by atoms with van der Waals surface area (Å²) in [6, 6.07) is 61.9. The van der Waals surface area contributed by atoms with E-state index in [0.717, 1.165) is 61.3 Å². The van der Waals surface area contributed by atoms with Crippen molar-refractivity contribution in [3.63, 3.8) is 0 Å². The first-order chi connectivity index (χ1) is 21.8. The van der Waals surface area contributed by atoms with E-state index in [4.69, 9.17) is 4.42 Å². The Morgan fingerprint density at radius 2 is 0.682 bits per heavy atom. The summed E-state index contributed by atoms with van der Waals surface area (Å²) in [5.74, 6) is 0. The summed E-state index contributed by atoms with van der Waals surface area (Å²) in [6.45, 7) is 0. The molecule has 0 aliphatic heterocycles. The summed E-state index contributed by atoms with van der Waals surface area (Å²) in [5, 5.41) is 2.26. The predicted molar refractivity (Wildman–Crippen MR) is 185 cm³/mol. The topological polar surface area (TPSA) is 16.4 Å². The van der Waals surface area contributed by atoms with Crippen LogP contribution in [-0.4, -0.2) is 0 Å².